The SMILES string of the molecule is CCC(CC)C(=O)N1CCC(NC(=O)c2cccc(N)c2)CC1.Cl. The summed E-state index contributed by atoms with van der Waals surface area (Å²) in [6.45, 7) is 5.56. The summed E-state index contributed by atoms with van der Waals surface area (Å²) in [5.41, 5.74) is 6.88. The number of nitrogens with one attached hydrogen (secondary N) is 1. The Morgan fingerprint density at radius 2 is 1.88 bits per heavy atom. The van der Waals surface area contributed by atoms with Gasteiger partial charge >= 0.3 is 0 Å². The van der Waals surface area contributed by atoms with Crippen LogP contribution in [-0.2, 0) is 4.79 Å². The summed E-state index contributed by atoms with van der Waals surface area (Å²) in [5, 5.41) is 3.05. The lowest BCUT2D eigenvalue weighted by Gasteiger charge is -2.34. The first-order chi connectivity index (χ1) is 11.0. The number of halogens is 1. The maximum absolute atomic E-state index is 12.4. The number of hydrogen-bond acceptors (Lipinski definition) is 3. The lowest BCUT2D eigenvalue weighted by molar-refractivity contribution is -0.136. The van der Waals surface area contributed by atoms with E-state index in [-0.39, 0.29) is 36.2 Å². The number of anilines is 1. The number of nitrogens with zero attached hydrogens (tertiary/aromatic N) is 1. The molecule has 1 fully saturated rings. The first-order valence-corrected chi connectivity index (χ1v) is 8.50. The Bertz CT molecular complexity index is 553. The molecule has 6 heteroatoms. The van der Waals surface area contributed by atoms with Gasteiger partial charge in [-0.2, -0.15) is 0 Å². The molecule has 24 heavy (non-hydrogen) atoms. The van der Waals surface area contributed by atoms with Crippen molar-refractivity contribution in [3.63, 3.8) is 0 Å². The normalized spacial score (nSPS) is 15.0. The van der Waals surface area contributed by atoms with Crippen LogP contribution < -0.4 is 11.1 Å². The first kappa shape index (κ1) is 20.3. The molecular weight excluding hydrogens is 326 g/mol. The number of amides is 2. The molecule has 1 heterocycles. The van der Waals surface area contributed by atoms with Gasteiger partial charge in [0.25, 0.3) is 5.91 Å². The van der Waals surface area contributed by atoms with Gasteiger partial charge in [0.1, 0.15) is 0 Å². The van der Waals surface area contributed by atoms with Crippen LogP contribution in [0.5, 0.6) is 0 Å². The van der Waals surface area contributed by atoms with E-state index in [9.17, 15) is 9.59 Å². The zero-order chi connectivity index (χ0) is 16.8. The molecule has 2 amide bonds. The van der Waals surface area contributed by atoms with Gasteiger partial charge in [0.05, 0.1) is 0 Å². The summed E-state index contributed by atoms with van der Waals surface area (Å²) < 4.78 is 0. The van der Waals surface area contributed by atoms with Gasteiger partial charge in [-0.05, 0) is 43.9 Å². The average molecular weight is 354 g/mol. The number of piperidine rings is 1. The highest BCUT2D eigenvalue weighted by atomic mass is 35.5. The largest absolute Gasteiger partial charge is 0.399 e. The van der Waals surface area contributed by atoms with Gasteiger partial charge in [-0.3, -0.25) is 9.59 Å². The Morgan fingerprint density at radius 1 is 1.25 bits per heavy atom. The van der Waals surface area contributed by atoms with Crippen molar-refractivity contribution in [3.8, 4) is 0 Å². The van der Waals surface area contributed by atoms with E-state index in [1.807, 2.05) is 4.90 Å². The Balaban J connectivity index is 0.00000288. The van der Waals surface area contributed by atoms with Crippen LogP contribution in [0.15, 0.2) is 24.3 Å². The molecule has 3 N–H and O–H groups in total. The molecule has 134 valence electrons. The quantitative estimate of drug-likeness (QED) is 0.799. The van der Waals surface area contributed by atoms with Crippen molar-refractivity contribution in [3.05, 3.63) is 29.8 Å². The minimum absolute atomic E-state index is 0. The standard InChI is InChI=1S/C18H27N3O2.ClH/c1-3-13(4-2)18(23)21-10-8-16(9-11-21)20-17(22)14-6-5-7-15(19)12-14;/h5-7,12-13,16H,3-4,8-11,19H2,1-2H3,(H,20,22);1H. The molecule has 1 aliphatic heterocycles. The number of benzene rings is 1. The van der Waals surface area contributed by atoms with E-state index in [0.29, 0.717) is 11.3 Å². The third-order valence-electron chi connectivity index (χ3n) is 4.63. The van der Waals surface area contributed by atoms with Crippen molar-refractivity contribution in [1.29, 1.82) is 0 Å². The summed E-state index contributed by atoms with van der Waals surface area (Å²) >= 11 is 0. The van der Waals surface area contributed by atoms with Gasteiger partial charge in [0.15, 0.2) is 0 Å². The molecule has 0 bridgehead atoms. The smallest absolute Gasteiger partial charge is 0.251 e. The van der Waals surface area contributed by atoms with Crippen LogP contribution in [0, 0.1) is 5.92 Å². The van der Waals surface area contributed by atoms with E-state index < -0.39 is 0 Å². The lowest BCUT2D eigenvalue weighted by atomic mass is 9.98. The molecule has 0 radical (unpaired) electrons. The van der Waals surface area contributed by atoms with Gasteiger partial charge in [-0.15, -0.1) is 12.4 Å². The van der Waals surface area contributed by atoms with Crippen LogP contribution in [0.25, 0.3) is 0 Å². The summed E-state index contributed by atoms with van der Waals surface area (Å²) in [6, 6.07) is 7.10. The van der Waals surface area contributed by atoms with E-state index in [0.717, 1.165) is 38.8 Å². The van der Waals surface area contributed by atoms with Crippen molar-refractivity contribution in [2.45, 2.75) is 45.6 Å². The zero-order valence-corrected chi connectivity index (χ0v) is 15.3. The fourth-order valence-electron chi connectivity index (χ4n) is 3.09. The van der Waals surface area contributed by atoms with Crippen LogP contribution >= 0.6 is 12.4 Å². The van der Waals surface area contributed by atoms with Crippen LogP contribution in [0.3, 0.4) is 0 Å². The van der Waals surface area contributed by atoms with E-state index in [4.69, 9.17) is 5.73 Å². The van der Waals surface area contributed by atoms with Gasteiger partial charge in [-0.1, -0.05) is 19.9 Å². The molecule has 5 nitrogen and oxygen atoms in total. The van der Waals surface area contributed by atoms with Crippen LogP contribution in [-0.4, -0.2) is 35.8 Å². The molecule has 1 aromatic carbocycles. The molecular formula is C18H28ClN3O2. The van der Waals surface area contributed by atoms with E-state index >= 15 is 0 Å². The zero-order valence-electron chi connectivity index (χ0n) is 14.5. The third kappa shape index (κ3) is 5.13. The Kier molecular flexibility index (Phi) is 8.05. The fraction of sp³-hybridized carbons (Fsp3) is 0.556. The second-order valence-corrected chi connectivity index (χ2v) is 6.21. The fourth-order valence-corrected chi connectivity index (χ4v) is 3.09. The molecule has 1 aromatic rings. The lowest BCUT2D eigenvalue weighted by Crippen LogP contribution is -2.48. The van der Waals surface area contributed by atoms with Gasteiger partial charge in [0.2, 0.25) is 5.91 Å². The van der Waals surface area contributed by atoms with E-state index in [1.165, 1.54) is 0 Å². The minimum Gasteiger partial charge on any atom is -0.399 e. The van der Waals surface area contributed by atoms with Crippen LogP contribution in [0.1, 0.15) is 49.9 Å². The van der Waals surface area contributed by atoms with Gasteiger partial charge in [-0.25, -0.2) is 0 Å². The number of hydrogen-bond donors (Lipinski definition) is 2. The molecule has 0 unspecified atom stereocenters. The van der Waals surface area contributed by atoms with Crippen molar-refractivity contribution >= 4 is 29.9 Å². The number of carbonyl (C=O) groups is 2. The number of nitrogen functional groups attached to an aromatic ring is 1. The molecule has 1 aliphatic rings. The van der Waals surface area contributed by atoms with Crippen molar-refractivity contribution in [2.75, 3.05) is 18.8 Å². The highest BCUT2D eigenvalue weighted by Crippen LogP contribution is 2.18. The molecule has 0 aliphatic carbocycles. The Hall–Kier alpha value is -1.75. The summed E-state index contributed by atoms with van der Waals surface area (Å²) in [5.74, 6) is 0.297. The van der Waals surface area contributed by atoms with Crippen LogP contribution in [0.4, 0.5) is 5.69 Å². The van der Waals surface area contributed by atoms with Crippen molar-refractivity contribution in [2.24, 2.45) is 5.92 Å². The van der Waals surface area contributed by atoms with E-state index in [2.05, 4.69) is 19.2 Å². The average Bonchev–Trinajstić information content (AvgIpc) is 2.56. The molecule has 0 saturated carbocycles. The van der Waals surface area contributed by atoms with E-state index in [1.54, 1.807) is 24.3 Å². The maximum Gasteiger partial charge on any atom is 0.251 e. The van der Waals surface area contributed by atoms with Crippen molar-refractivity contribution < 1.29 is 9.59 Å². The van der Waals surface area contributed by atoms with Gasteiger partial charge < -0.3 is 16.0 Å². The monoisotopic (exact) mass is 353 g/mol. The second-order valence-electron chi connectivity index (χ2n) is 6.21. The molecule has 0 atom stereocenters. The number of carbonyl (C=O) groups excluding carboxylic acids is 2. The highest BCUT2D eigenvalue weighted by Gasteiger charge is 2.27. The second kappa shape index (κ2) is 9.52. The summed E-state index contributed by atoms with van der Waals surface area (Å²) in [4.78, 5) is 26.6. The van der Waals surface area contributed by atoms with Crippen LogP contribution in [0.2, 0.25) is 0 Å². The number of likely N-dealkylation sites (tertiary alicyclic amines) is 1. The topological polar surface area (TPSA) is 75.4 Å². The molecule has 1 saturated heterocycles. The maximum atomic E-state index is 12.4. The summed E-state index contributed by atoms with van der Waals surface area (Å²) in [6.07, 6.45) is 3.39. The predicted octanol–water partition coefficient (Wildman–Crippen LogP) is 2.85. The van der Waals surface area contributed by atoms with Gasteiger partial charge in [0, 0.05) is 36.3 Å². The Morgan fingerprint density at radius 3 is 2.42 bits per heavy atom. The predicted molar refractivity (Wildman–Crippen MR) is 99.2 cm³/mol. The number of rotatable bonds is 5. The summed E-state index contributed by atoms with van der Waals surface area (Å²) in [7, 11) is 0. The Labute approximate surface area is 150 Å². The molecule has 0 aromatic heterocycles. The number of nitrogens with two attached hydrogens (primary N) is 1. The molecule has 2 rings (SSSR count). The van der Waals surface area contributed by atoms with Crippen molar-refractivity contribution in [1.82, 2.24) is 10.2 Å². The third-order valence-corrected chi connectivity index (χ3v) is 4.63. The minimum atomic E-state index is -0.0953. The molecule has 0 spiro atoms. The first-order valence-electron chi connectivity index (χ1n) is 8.50. The highest BCUT2D eigenvalue weighted by molar-refractivity contribution is 5.95.